The molecule has 1 aromatic carbocycles. The minimum absolute atomic E-state index is 0.192. The smallest absolute Gasteiger partial charge is 0.258 e. The molecule has 0 unspecified atom stereocenters. The zero-order chi connectivity index (χ0) is 19.0. The molecule has 0 saturated carbocycles. The average Bonchev–Trinajstić information content (AvgIpc) is 3.38. The van der Waals surface area contributed by atoms with E-state index in [9.17, 15) is 4.79 Å². The summed E-state index contributed by atoms with van der Waals surface area (Å²) < 4.78 is 22.1. The first-order valence-corrected chi connectivity index (χ1v) is 9.27. The van der Waals surface area contributed by atoms with Crippen LogP contribution in [0.15, 0.2) is 30.6 Å². The number of nitrogens with zero attached hydrogens (tertiary/aromatic N) is 3. The van der Waals surface area contributed by atoms with Crippen LogP contribution in [0.2, 0.25) is 0 Å². The van der Waals surface area contributed by atoms with Crippen molar-refractivity contribution in [2.24, 2.45) is 0 Å². The summed E-state index contributed by atoms with van der Waals surface area (Å²) in [6.07, 6.45) is 4.64. The zero-order valence-electron chi connectivity index (χ0n) is 15.2. The summed E-state index contributed by atoms with van der Waals surface area (Å²) in [6.45, 7) is 3.01. The molecule has 146 valence electrons. The van der Waals surface area contributed by atoms with E-state index in [1.54, 1.807) is 18.2 Å². The highest BCUT2D eigenvalue weighted by atomic mass is 16.7. The second-order valence-corrected chi connectivity index (χ2v) is 6.89. The number of carbonyl (C=O) groups excluding carboxylic acids is 1. The van der Waals surface area contributed by atoms with Crippen molar-refractivity contribution < 1.29 is 23.7 Å². The largest absolute Gasteiger partial charge is 0.454 e. The molecule has 1 amide bonds. The van der Waals surface area contributed by atoms with Crippen LogP contribution in [0.5, 0.6) is 11.5 Å². The van der Waals surface area contributed by atoms with Crippen LogP contribution in [0.4, 0.5) is 11.6 Å². The SMILES string of the molecule is O=C(Nc1ccc2c(c1)OCO2)c1cnc(N2CCC3(CC2)OCCO3)nc1. The van der Waals surface area contributed by atoms with E-state index in [1.165, 1.54) is 12.4 Å². The van der Waals surface area contributed by atoms with E-state index in [2.05, 4.69) is 20.2 Å². The van der Waals surface area contributed by atoms with Crippen molar-refractivity contribution in [3.05, 3.63) is 36.2 Å². The molecule has 2 fully saturated rings. The molecule has 0 bridgehead atoms. The summed E-state index contributed by atoms with van der Waals surface area (Å²) in [6, 6.07) is 5.25. The van der Waals surface area contributed by atoms with Crippen LogP contribution in [-0.4, -0.2) is 54.8 Å². The predicted octanol–water partition coefficient (Wildman–Crippen LogP) is 1.80. The Hall–Kier alpha value is -2.91. The van der Waals surface area contributed by atoms with E-state index in [0.29, 0.717) is 41.9 Å². The van der Waals surface area contributed by atoms with Gasteiger partial charge in [-0.05, 0) is 12.1 Å². The van der Waals surface area contributed by atoms with Crippen LogP contribution in [0.3, 0.4) is 0 Å². The number of carbonyl (C=O) groups is 1. The molecule has 1 aromatic heterocycles. The predicted molar refractivity (Wildman–Crippen MR) is 98.6 cm³/mol. The maximum atomic E-state index is 12.5. The van der Waals surface area contributed by atoms with E-state index >= 15 is 0 Å². The molecule has 3 aliphatic heterocycles. The Bertz CT molecular complexity index is 872. The number of benzene rings is 1. The molecule has 28 heavy (non-hydrogen) atoms. The van der Waals surface area contributed by atoms with Crippen LogP contribution < -0.4 is 19.7 Å². The lowest BCUT2D eigenvalue weighted by molar-refractivity contribution is -0.169. The van der Waals surface area contributed by atoms with E-state index in [0.717, 1.165) is 25.9 Å². The molecule has 1 N–H and O–H groups in total. The van der Waals surface area contributed by atoms with Gasteiger partial charge < -0.3 is 29.2 Å². The van der Waals surface area contributed by atoms with E-state index in [4.69, 9.17) is 18.9 Å². The quantitative estimate of drug-likeness (QED) is 0.856. The second kappa shape index (κ2) is 6.92. The molecule has 0 atom stereocenters. The molecule has 9 nitrogen and oxygen atoms in total. The summed E-state index contributed by atoms with van der Waals surface area (Å²) in [4.78, 5) is 23.3. The van der Waals surface area contributed by atoms with E-state index in [1.807, 2.05) is 0 Å². The van der Waals surface area contributed by atoms with Crippen LogP contribution in [0.25, 0.3) is 0 Å². The summed E-state index contributed by atoms with van der Waals surface area (Å²) in [5.74, 6) is 1.18. The Labute approximate surface area is 161 Å². The summed E-state index contributed by atoms with van der Waals surface area (Å²) in [5, 5.41) is 2.82. The highest BCUT2D eigenvalue weighted by Gasteiger charge is 2.40. The Morgan fingerprint density at radius 2 is 1.75 bits per heavy atom. The van der Waals surface area contributed by atoms with Gasteiger partial charge in [0.15, 0.2) is 17.3 Å². The topological polar surface area (TPSA) is 95.0 Å². The van der Waals surface area contributed by atoms with Gasteiger partial charge in [-0.3, -0.25) is 4.79 Å². The van der Waals surface area contributed by atoms with E-state index < -0.39 is 5.79 Å². The van der Waals surface area contributed by atoms with Crippen molar-refractivity contribution in [1.29, 1.82) is 0 Å². The van der Waals surface area contributed by atoms with Gasteiger partial charge in [0.2, 0.25) is 12.7 Å². The number of anilines is 2. The molecular formula is C19H20N4O5. The fourth-order valence-corrected chi connectivity index (χ4v) is 3.61. The van der Waals surface area contributed by atoms with Crippen molar-refractivity contribution in [2.75, 3.05) is 43.3 Å². The molecule has 9 heteroatoms. The summed E-state index contributed by atoms with van der Waals surface area (Å²) >= 11 is 0. The van der Waals surface area contributed by atoms with Gasteiger partial charge in [0.1, 0.15) is 0 Å². The van der Waals surface area contributed by atoms with Gasteiger partial charge in [-0.2, -0.15) is 0 Å². The third kappa shape index (κ3) is 3.23. The first kappa shape index (κ1) is 17.2. The lowest BCUT2D eigenvalue weighted by Crippen LogP contribution is -2.45. The molecule has 3 aliphatic rings. The molecule has 0 aliphatic carbocycles. The van der Waals surface area contributed by atoms with Gasteiger partial charge in [0.05, 0.1) is 18.8 Å². The van der Waals surface area contributed by atoms with E-state index in [-0.39, 0.29) is 12.7 Å². The summed E-state index contributed by atoms with van der Waals surface area (Å²) in [5.41, 5.74) is 1.01. The number of amides is 1. The van der Waals surface area contributed by atoms with Crippen molar-refractivity contribution in [3.63, 3.8) is 0 Å². The van der Waals surface area contributed by atoms with Crippen molar-refractivity contribution >= 4 is 17.5 Å². The Balaban J connectivity index is 1.22. The number of piperidine rings is 1. The zero-order valence-corrected chi connectivity index (χ0v) is 15.2. The Kier molecular flexibility index (Phi) is 4.25. The number of rotatable bonds is 3. The van der Waals surface area contributed by atoms with Gasteiger partial charge in [-0.25, -0.2) is 9.97 Å². The van der Waals surface area contributed by atoms with Crippen molar-refractivity contribution in [1.82, 2.24) is 9.97 Å². The van der Waals surface area contributed by atoms with Crippen LogP contribution in [0.1, 0.15) is 23.2 Å². The Morgan fingerprint density at radius 3 is 2.50 bits per heavy atom. The average molecular weight is 384 g/mol. The van der Waals surface area contributed by atoms with Crippen molar-refractivity contribution in [3.8, 4) is 11.5 Å². The number of nitrogens with one attached hydrogen (secondary N) is 1. The summed E-state index contributed by atoms with van der Waals surface area (Å²) in [7, 11) is 0. The minimum Gasteiger partial charge on any atom is -0.454 e. The standard InChI is InChI=1S/C19H20N4O5/c24-17(22-14-1-2-15-16(9-14)26-12-25-15)13-10-20-18(21-11-13)23-5-3-19(4-6-23)27-7-8-28-19/h1-2,9-11H,3-8,12H2,(H,22,24). The second-order valence-electron chi connectivity index (χ2n) is 6.89. The molecule has 2 saturated heterocycles. The van der Waals surface area contributed by atoms with Gasteiger partial charge in [-0.1, -0.05) is 0 Å². The molecule has 4 heterocycles. The number of hydrogen-bond donors (Lipinski definition) is 1. The lowest BCUT2D eigenvalue weighted by Gasteiger charge is -2.37. The molecule has 2 aromatic rings. The number of hydrogen-bond acceptors (Lipinski definition) is 8. The highest BCUT2D eigenvalue weighted by Crippen LogP contribution is 2.34. The minimum atomic E-state index is -0.430. The first-order chi connectivity index (χ1) is 13.7. The van der Waals surface area contributed by atoms with Gasteiger partial charge in [0.25, 0.3) is 5.91 Å². The fourth-order valence-electron chi connectivity index (χ4n) is 3.61. The van der Waals surface area contributed by atoms with Gasteiger partial charge in [0, 0.05) is 50.1 Å². The Morgan fingerprint density at radius 1 is 1.04 bits per heavy atom. The van der Waals surface area contributed by atoms with Crippen LogP contribution in [-0.2, 0) is 9.47 Å². The van der Waals surface area contributed by atoms with Crippen LogP contribution >= 0.6 is 0 Å². The maximum Gasteiger partial charge on any atom is 0.258 e. The highest BCUT2D eigenvalue weighted by molar-refractivity contribution is 6.04. The fraction of sp³-hybridized carbons (Fsp3) is 0.421. The maximum absolute atomic E-state index is 12.5. The molecule has 5 rings (SSSR count). The number of fused-ring (bicyclic) bond motifs is 1. The lowest BCUT2D eigenvalue weighted by atomic mass is 10.0. The van der Waals surface area contributed by atoms with Gasteiger partial charge >= 0.3 is 0 Å². The third-order valence-corrected chi connectivity index (χ3v) is 5.15. The number of aromatic nitrogens is 2. The molecule has 1 spiro atoms. The van der Waals surface area contributed by atoms with Crippen molar-refractivity contribution in [2.45, 2.75) is 18.6 Å². The van der Waals surface area contributed by atoms with Gasteiger partial charge in [-0.15, -0.1) is 0 Å². The van der Waals surface area contributed by atoms with Crippen LogP contribution in [0, 0.1) is 0 Å². The molecule has 0 radical (unpaired) electrons. The first-order valence-electron chi connectivity index (χ1n) is 9.27. The number of ether oxygens (including phenoxy) is 4. The monoisotopic (exact) mass is 384 g/mol. The molecular weight excluding hydrogens is 364 g/mol. The normalized spacial score (nSPS) is 19.8. The third-order valence-electron chi connectivity index (χ3n) is 5.15.